The smallest absolute Gasteiger partial charge is 0.240 e. The summed E-state index contributed by atoms with van der Waals surface area (Å²) in [4.78, 5) is 8.51. The SMILES string of the molecule is Cc1cc(Br)cc(N)c1Oc1ncnc2c(C)csc12. The van der Waals surface area contributed by atoms with Crippen LogP contribution in [0.15, 0.2) is 28.3 Å². The van der Waals surface area contributed by atoms with E-state index in [9.17, 15) is 0 Å². The van der Waals surface area contributed by atoms with Gasteiger partial charge >= 0.3 is 0 Å². The zero-order valence-electron chi connectivity index (χ0n) is 11.0. The largest absolute Gasteiger partial charge is 0.435 e. The molecule has 2 aromatic heterocycles. The van der Waals surface area contributed by atoms with Gasteiger partial charge in [-0.1, -0.05) is 15.9 Å². The number of aryl methyl sites for hydroxylation is 2. The van der Waals surface area contributed by atoms with Crippen molar-refractivity contribution >= 4 is 43.2 Å². The molecule has 2 heterocycles. The van der Waals surface area contributed by atoms with Crippen molar-refractivity contribution in [3.63, 3.8) is 0 Å². The normalized spacial score (nSPS) is 10.9. The summed E-state index contributed by atoms with van der Waals surface area (Å²) in [6.07, 6.45) is 1.52. The molecule has 20 heavy (non-hydrogen) atoms. The van der Waals surface area contributed by atoms with Crippen molar-refractivity contribution in [1.29, 1.82) is 0 Å². The number of fused-ring (bicyclic) bond motifs is 1. The van der Waals surface area contributed by atoms with Crippen molar-refractivity contribution in [1.82, 2.24) is 9.97 Å². The Bertz CT molecular complexity index is 777. The lowest BCUT2D eigenvalue weighted by atomic mass is 10.2. The maximum Gasteiger partial charge on any atom is 0.240 e. The molecule has 3 rings (SSSR count). The molecule has 0 bridgehead atoms. The van der Waals surface area contributed by atoms with Gasteiger partial charge in [-0.25, -0.2) is 9.97 Å². The van der Waals surface area contributed by atoms with Crippen LogP contribution in [0.4, 0.5) is 5.69 Å². The summed E-state index contributed by atoms with van der Waals surface area (Å²) in [5.74, 6) is 1.18. The Kier molecular flexibility index (Phi) is 3.35. The van der Waals surface area contributed by atoms with Crippen LogP contribution in [0.2, 0.25) is 0 Å². The molecule has 102 valence electrons. The average Bonchev–Trinajstić information content (AvgIpc) is 2.77. The van der Waals surface area contributed by atoms with E-state index in [-0.39, 0.29) is 0 Å². The minimum absolute atomic E-state index is 0.547. The van der Waals surface area contributed by atoms with Gasteiger partial charge in [0, 0.05) is 4.47 Å². The van der Waals surface area contributed by atoms with Gasteiger partial charge in [0.25, 0.3) is 0 Å². The van der Waals surface area contributed by atoms with E-state index in [1.165, 1.54) is 6.33 Å². The fourth-order valence-electron chi connectivity index (χ4n) is 2.01. The van der Waals surface area contributed by atoms with Gasteiger partial charge in [-0.15, -0.1) is 11.3 Å². The maximum atomic E-state index is 6.02. The van der Waals surface area contributed by atoms with E-state index in [1.807, 2.05) is 31.4 Å². The van der Waals surface area contributed by atoms with Crippen LogP contribution in [0.25, 0.3) is 10.2 Å². The Hall–Kier alpha value is -1.66. The number of halogens is 1. The molecule has 4 nitrogen and oxygen atoms in total. The summed E-state index contributed by atoms with van der Waals surface area (Å²) in [6.45, 7) is 3.98. The quantitative estimate of drug-likeness (QED) is 0.694. The molecule has 1 aromatic carbocycles. The van der Waals surface area contributed by atoms with Crippen LogP contribution in [-0.4, -0.2) is 9.97 Å². The highest BCUT2D eigenvalue weighted by Gasteiger charge is 2.13. The highest BCUT2D eigenvalue weighted by Crippen LogP contribution is 2.37. The van der Waals surface area contributed by atoms with Crippen molar-refractivity contribution in [3.8, 4) is 11.6 Å². The fourth-order valence-corrected chi connectivity index (χ4v) is 3.53. The van der Waals surface area contributed by atoms with Gasteiger partial charge in [0.1, 0.15) is 11.0 Å². The minimum Gasteiger partial charge on any atom is -0.435 e. The van der Waals surface area contributed by atoms with Crippen LogP contribution in [0, 0.1) is 13.8 Å². The second kappa shape index (κ2) is 5.03. The van der Waals surface area contributed by atoms with Gasteiger partial charge in [0.2, 0.25) is 5.88 Å². The Balaban J connectivity index is 2.10. The lowest BCUT2D eigenvalue weighted by molar-refractivity contribution is 0.468. The number of anilines is 1. The van der Waals surface area contributed by atoms with Crippen molar-refractivity contribution in [2.45, 2.75) is 13.8 Å². The highest BCUT2D eigenvalue weighted by molar-refractivity contribution is 9.10. The first-order valence-electron chi connectivity index (χ1n) is 5.98. The van der Waals surface area contributed by atoms with E-state index in [2.05, 4.69) is 25.9 Å². The summed E-state index contributed by atoms with van der Waals surface area (Å²) in [5, 5.41) is 2.05. The third kappa shape index (κ3) is 2.25. The molecule has 0 atom stereocenters. The van der Waals surface area contributed by atoms with Crippen LogP contribution in [0.5, 0.6) is 11.6 Å². The van der Waals surface area contributed by atoms with Crippen molar-refractivity contribution < 1.29 is 4.74 Å². The summed E-state index contributed by atoms with van der Waals surface area (Å²) in [7, 11) is 0. The van der Waals surface area contributed by atoms with Crippen molar-refractivity contribution in [3.05, 3.63) is 39.4 Å². The standard InChI is InChI=1S/C14H12BrN3OS/c1-7-3-9(15)4-10(16)12(7)19-14-13-11(17-6-18-14)8(2)5-20-13/h3-6H,16H2,1-2H3. The number of benzene rings is 1. The van der Waals surface area contributed by atoms with Crippen LogP contribution < -0.4 is 10.5 Å². The minimum atomic E-state index is 0.547. The Labute approximate surface area is 128 Å². The third-order valence-corrected chi connectivity index (χ3v) is 4.50. The monoisotopic (exact) mass is 349 g/mol. The predicted molar refractivity (Wildman–Crippen MR) is 85.5 cm³/mol. The summed E-state index contributed by atoms with van der Waals surface area (Å²) in [6, 6.07) is 3.78. The van der Waals surface area contributed by atoms with E-state index in [0.29, 0.717) is 17.3 Å². The molecule has 0 spiro atoms. The summed E-state index contributed by atoms with van der Waals surface area (Å²) >= 11 is 4.99. The van der Waals surface area contributed by atoms with E-state index in [4.69, 9.17) is 10.5 Å². The second-order valence-electron chi connectivity index (χ2n) is 4.52. The second-order valence-corrected chi connectivity index (χ2v) is 6.31. The van der Waals surface area contributed by atoms with E-state index < -0.39 is 0 Å². The number of ether oxygens (including phenoxy) is 1. The van der Waals surface area contributed by atoms with Gasteiger partial charge < -0.3 is 10.5 Å². The summed E-state index contributed by atoms with van der Waals surface area (Å²) < 4.78 is 7.80. The van der Waals surface area contributed by atoms with Gasteiger partial charge in [-0.2, -0.15) is 0 Å². The number of nitrogen functional groups attached to an aromatic ring is 1. The summed E-state index contributed by atoms with van der Waals surface area (Å²) in [5.41, 5.74) is 9.61. The number of nitrogens with two attached hydrogens (primary N) is 1. The number of aromatic nitrogens is 2. The molecular formula is C14H12BrN3OS. The Morgan fingerprint density at radius 2 is 2.00 bits per heavy atom. The van der Waals surface area contributed by atoms with Crippen molar-refractivity contribution in [2.24, 2.45) is 0 Å². The molecular weight excluding hydrogens is 338 g/mol. The van der Waals surface area contributed by atoms with E-state index in [0.717, 1.165) is 25.8 Å². The lowest BCUT2D eigenvalue weighted by Gasteiger charge is -2.11. The molecule has 6 heteroatoms. The van der Waals surface area contributed by atoms with Gasteiger partial charge in [-0.3, -0.25) is 0 Å². The highest BCUT2D eigenvalue weighted by atomic mass is 79.9. The molecule has 0 unspecified atom stereocenters. The maximum absolute atomic E-state index is 6.02. The molecule has 0 fully saturated rings. The molecule has 2 N–H and O–H groups in total. The zero-order chi connectivity index (χ0) is 14.3. The van der Waals surface area contributed by atoms with E-state index in [1.54, 1.807) is 11.3 Å². The number of nitrogens with zero attached hydrogens (tertiary/aromatic N) is 2. The number of hydrogen-bond donors (Lipinski definition) is 1. The molecule has 0 aliphatic rings. The van der Waals surface area contributed by atoms with Crippen LogP contribution in [0.3, 0.4) is 0 Å². The molecule has 0 aliphatic heterocycles. The number of thiophene rings is 1. The molecule has 0 amide bonds. The van der Waals surface area contributed by atoms with Gasteiger partial charge in [-0.05, 0) is 42.5 Å². The predicted octanol–water partition coefficient (Wildman–Crippen LogP) is 4.45. The first-order valence-corrected chi connectivity index (χ1v) is 7.66. The van der Waals surface area contributed by atoms with Gasteiger partial charge in [0.05, 0.1) is 11.2 Å². The van der Waals surface area contributed by atoms with Crippen LogP contribution >= 0.6 is 27.3 Å². The Morgan fingerprint density at radius 3 is 2.75 bits per heavy atom. The van der Waals surface area contributed by atoms with E-state index >= 15 is 0 Å². The molecule has 0 aliphatic carbocycles. The average molecular weight is 350 g/mol. The topological polar surface area (TPSA) is 61.0 Å². The number of rotatable bonds is 2. The molecule has 3 aromatic rings. The van der Waals surface area contributed by atoms with Crippen LogP contribution in [0.1, 0.15) is 11.1 Å². The van der Waals surface area contributed by atoms with Gasteiger partial charge in [0.15, 0.2) is 5.75 Å². The number of hydrogen-bond acceptors (Lipinski definition) is 5. The zero-order valence-corrected chi connectivity index (χ0v) is 13.4. The van der Waals surface area contributed by atoms with Crippen molar-refractivity contribution in [2.75, 3.05) is 5.73 Å². The molecule has 0 saturated carbocycles. The molecule has 0 radical (unpaired) electrons. The lowest BCUT2D eigenvalue weighted by Crippen LogP contribution is -1.97. The Morgan fingerprint density at radius 1 is 1.20 bits per heavy atom. The first-order chi connectivity index (χ1) is 9.56. The third-order valence-electron chi connectivity index (χ3n) is 2.97. The fraction of sp³-hybridized carbons (Fsp3) is 0.143. The molecule has 0 saturated heterocycles. The first kappa shape index (κ1) is 13.3. The van der Waals surface area contributed by atoms with Crippen LogP contribution in [-0.2, 0) is 0 Å².